The maximum Gasteiger partial charge on any atom is 0.208 e. The Kier molecular flexibility index (Phi) is 4.17. The summed E-state index contributed by atoms with van der Waals surface area (Å²) in [5, 5.41) is 8.07. The lowest BCUT2D eigenvalue weighted by Crippen LogP contribution is -1.99. The van der Waals surface area contributed by atoms with Gasteiger partial charge in [-0.1, -0.05) is 18.2 Å². The number of nitrogens with zero attached hydrogens (tertiary/aromatic N) is 5. The van der Waals surface area contributed by atoms with Gasteiger partial charge in [0, 0.05) is 23.9 Å². The lowest BCUT2D eigenvalue weighted by Gasteiger charge is -2.01. The average Bonchev–Trinajstić information content (AvgIpc) is 3.25. The molecule has 0 saturated carbocycles. The molecule has 4 rings (SSSR count). The van der Waals surface area contributed by atoms with Crippen molar-refractivity contribution in [3.8, 4) is 11.4 Å². The smallest absolute Gasteiger partial charge is 0.208 e. The standard InChI is InChI=1S/C17H13FN6S/c18-14-5-3-4-12(8-14)10-24-11-13(9-20-24)16-22-17(25-23-16)21-15-6-1-2-7-19-15/h1-9,11H,10H2,(H,19,21,22,23). The van der Waals surface area contributed by atoms with E-state index in [0.717, 1.165) is 11.1 Å². The molecule has 3 heterocycles. The molecule has 8 heteroatoms. The second kappa shape index (κ2) is 6.78. The van der Waals surface area contributed by atoms with Crippen molar-refractivity contribution in [3.63, 3.8) is 0 Å². The minimum absolute atomic E-state index is 0.253. The molecule has 0 fully saturated rings. The van der Waals surface area contributed by atoms with Gasteiger partial charge in [0.25, 0.3) is 0 Å². The summed E-state index contributed by atoms with van der Waals surface area (Å²) in [5.74, 6) is 1.05. The highest BCUT2D eigenvalue weighted by atomic mass is 32.1. The maximum absolute atomic E-state index is 13.3. The minimum atomic E-state index is -0.253. The highest BCUT2D eigenvalue weighted by molar-refractivity contribution is 7.09. The highest BCUT2D eigenvalue weighted by Gasteiger charge is 2.10. The number of pyridine rings is 1. The molecule has 1 aromatic carbocycles. The van der Waals surface area contributed by atoms with Gasteiger partial charge in [-0.2, -0.15) is 14.5 Å². The van der Waals surface area contributed by atoms with Crippen LogP contribution in [0.1, 0.15) is 5.56 Å². The van der Waals surface area contributed by atoms with Crippen molar-refractivity contribution in [3.05, 3.63) is 72.4 Å². The Balaban J connectivity index is 1.49. The Labute approximate surface area is 147 Å². The van der Waals surface area contributed by atoms with Crippen LogP contribution in [-0.4, -0.2) is 24.1 Å². The third kappa shape index (κ3) is 3.69. The summed E-state index contributed by atoms with van der Waals surface area (Å²) in [7, 11) is 0. The zero-order valence-electron chi connectivity index (χ0n) is 13.0. The molecule has 0 amide bonds. The molecule has 3 aromatic heterocycles. The number of halogens is 1. The van der Waals surface area contributed by atoms with Crippen LogP contribution in [0.5, 0.6) is 0 Å². The zero-order valence-corrected chi connectivity index (χ0v) is 13.8. The van der Waals surface area contributed by atoms with Gasteiger partial charge in [-0.15, -0.1) is 0 Å². The predicted molar refractivity (Wildman–Crippen MR) is 94.2 cm³/mol. The van der Waals surface area contributed by atoms with Gasteiger partial charge in [-0.3, -0.25) is 4.68 Å². The van der Waals surface area contributed by atoms with Crippen LogP contribution in [0.4, 0.5) is 15.3 Å². The number of anilines is 2. The average molecular weight is 352 g/mol. The summed E-state index contributed by atoms with van der Waals surface area (Å²) in [6.07, 6.45) is 5.25. The van der Waals surface area contributed by atoms with Crippen molar-refractivity contribution >= 4 is 22.5 Å². The molecule has 6 nitrogen and oxygen atoms in total. The third-order valence-electron chi connectivity index (χ3n) is 3.45. The van der Waals surface area contributed by atoms with E-state index in [1.165, 1.54) is 23.7 Å². The second-order valence-electron chi connectivity index (χ2n) is 5.32. The van der Waals surface area contributed by atoms with E-state index in [1.807, 2.05) is 30.5 Å². The monoisotopic (exact) mass is 352 g/mol. The first-order valence-electron chi connectivity index (χ1n) is 7.55. The van der Waals surface area contributed by atoms with E-state index in [0.29, 0.717) is 23.3 Å². The third-order valence-corrected chi connectivity index (χ3v) is 4.08. The largest absolute Gasteiger partial charge is 0.315 e. The van der Waals surface area contributed by atoms with Crippen molar-refractivity contribution < 1.29 is 4.39 Å². The molecule has 0 aliphatic heterocycles. The Bertz CT molecular complexity index is 981. The molecule has 0 spiro atoms. The normalized spacial score (nSPS) is 10.8. The number of aromatic nitrogens is 5. The summed E-state index contributed by atoms with van der Waals surface area (Å²) >= 11 is 1.26. The molecule has 0 atom stereocenters. The number of hydrogen-bond donors (Lipinski definition) is 1. The van der Waals surface area contributed by atoms with E-state index >= 15 is 0 Å². The van der Waals surface area contributed by atoms with Gasteiger partial charge < -0.3 is 5.32 Å². The molecule has 0 bridgehead atoms. The molecule has 0 aliphatic carbocycles. The van der Waals surface area contributed by atoms with E-state index in [-0.39, 0.29) is 5.82 Å². The van der Waals surface area contributed by atoms with Crippen LogP contribution in [0.25, 0.3) is 11.4 Å². The second-order valence-corrected chi connectivity index (χ2v) is 6.07. The van der Waals surface area contributed by atoms with Crippen LogP contribution in [0.2, 0.25) is 0 Å². The number of hydrogen-bond acceptors (Lipinski definition) is 6. The Morgan fingerprint density at radius 3 is 2.96 bits per heavy atom. The predicted octanol–water partition coefficient (Wildman–Crippen LogP) is 3.73. The minimum Gasteiger partial charge on any atom is -0.315 e. The molecule has 124 valence electrons. The van der Waals surface area contributed by atoms with Gasteiger partial charge in [0.05, 0.1) is 18.3 Å². The molecule has 0 unspecified atom stereocenters. The fraction of sp³-hybridized carbons (Fsp3) is 0.0588. The van der Waals surface area contributed by atoms with E-state index in [4.69, 9.17) is 0 Å². The van der Waals surface area contributed by atoms with Crippen molar-refractivity contribution in [2.45, 2.75) is 6.54 Å². The topological polar surface area (TPSA) is 68.5 Å². The molecule has 1 N–H and O–H groups in total. The van der Waals surface area contributed by atoms with Crippen LogP contribution >= 0.6 is 11.5 Å². The molecular formula is C17H13FN6S. The number of benzene rings is 1. The van der Waals surface area contributed by atoms with Crippen molar-refractivity contribution in [2.24, 2.45) is 0 Å². The van der Waals surface area contributed by atoms with E-state index in [9.17, 15) is 4.39 Å². The summed E-state index contributed by atoms with van der Waals surface area (Å²) in [5.41, 5.74) is 1.65. The molecule has 0 saturated heterocycles. The Morgan fingerprint density at radius 1 is 1.16 bits per heavy atom. The van der Waals surface area contributed by atoms with Crippen LogP contribution in [0.15, 0.2) is 61.1 Å². The van der Waals surface area contributed by atoms with Crippen LogP contribution in [0.3, 0.4) is 0 Å². The van der Waals surface area contributed by atoms with Crippen molar-refractivity contribution in [2.75, 3.05) is 5.32 Å². The first-order chi connectivity index (χ1) is 12.3. The number of nitrogens with one attached hydrogen (secondary N) is 1. The molecule has 0 radical (unpaired) electrons. The highest BCUT2D eigenvalue weighted by Crippen LogP contribution is 2.23. The quantitative estimate of drug-likeness (QED) is 0.593. The lowest BCUT2D eigenvalue weighted by molar-refractivity contribution is 0.619. The van der Waals surface area contributed by atoms with Gasteiger partial charge in [0.2, 0.25) is 5.13 Å². The van der Waals surface area contributed by atoms with Crippen molar-refractivity contribution in [1.82, 2.24) is 24.1 Å². The van der Waals surface area contributed by atoms with E-state index in [1.54, 1.807) is 23.1 Å². The van der Waals surface area contributed by atoms with Gasteiger partial charge in [-0.25, -0.2) is 9.37 Å². The molecule has 0 aliphatic rings. The number of rotatable bonds is 5. The molecule has 4 aromatic rings. The van der Waals surface area contributed by atoms with E-state index < -0.39 is 0 Å². The zero-order chi connectivity index (χ0) is 17.1. The fourth-order valence-electron chi connectivity index (χ4n) is 2.33. The Hall–Kier alpha value is -3.13. The van der Waals surface area contributed by atoms with Gasteiger partial charge >= 0.3 is 0 Å². The van der Waals surface area contributed by atoms with Crippen LogP contribution in [-0.2, 0) is 6.54 Å². The van der Waals surface area contributed by atoms with Gasteiger partial charge in [0.15, 0.2) is 5.82 Å². The van der Waals surface area contributed by atoms with E-state index in [2.05, 4.69) is 24.8 Å². The van der Waals surface area contributed by atoms with Crippen LogP contribution < -0.4 is 5.32 Å². The lowest BCUT2D eigenvalue weighted by atomic mass is 10.2. The van der Waals surface area contributed by atoms with Gasteiger partial charge in [0.1, 0.15) is 11.6 Å². The summed E-state index contributed by atoms with van der Waals surface area (Å²) in [6, 6.07) is 12.1. The summed E-state index contributed by atoms with van der Waals surface area (Å²) in [4.78, 5) is 8.65. The van der Waals surface area contributed by atoms with Gasteiger partial charge in [-0.05, 0) is 29.8 Å². The first-order valence-corrected chi connectivity index (χ1v) is 8.33. The SMILES string of the molecule is Fc1cccc(Cn2cc(-c3nsc(Nc4ccccn4)n3)cn2)c1. The van der Waals surface area contributed by atoms with Crippen LogP contribution in [0, 0.1) is 5.82 Å². The summed E-state index contributed by atoms with van der Waals surface area (Å²) in [6.45, 7) is 0.487. The van der Waals surface area contributed by atoms with Crippen molar-refractivity contribution in [1.29, 1.82) is 0 Å². The molecular weight excluding hydrogens is 339 g/mol. The fourth-order valence-corrected chi connectivity index (χ4v) is 2.92. The first kappa shape index (κ1) is 15.4. The maximum atomic E-state index is 13.3. The Morgan fingerprint density at radius 2 is 2.12 bits per heavy atom. The molecule has 25 heavy (non-hydrogen) atoms. The summed E-state index contributed by atoms with van der Waals surface area (Å²) < 4.78 is 19.3.